The van der Waals surface area contributed by atoms with Gasteiger partial charge in [0.15, 0.2) is 0 Å². The standard InChI is InChI=1S/C7H7F9/c1-2-3-4(8,9)5(10,6(11,12)13)7(14,15)16/h2-3H2,1H3. The minimum absolute atomic E-state index is 0.717. The molecule has 9 heteroatoms. The van der Waals surface area contributed by atoms with Gasteiger partial charge in [-0.25, -0.2) is 13.2 Å². The predicted molar refractivity (Wildman–Crippen MR) is 35.8 cm³/mol. The maximum atomic E-state index is 12.8. The van der Waals surface area contributed by atoms with Crippen molar-refractivity contribution in [1.82, 2.24) is 0 Å². The summed E-state index contributed by atoms with van der Waals surface area (Å²) in [5, 5.41) is 0. The maximum Gasteiger partial charge on any atom is 0.437 e. The number of hydrogen-bond acceptors (Lipinski definition) is 0. The second-order valence-corrected chi connectivity index (χ2v) is 3.11. The summed E-state index contributed by atoms with van der Waals surface area (Å²) in [5.74, 6) is -5.54. The van der Waals surface area contributed by atoms with E-state index in [-0.39, 0.29) is 0 Å². The first-order valence-corrected chi connectivity index (χ1v) is 4.01. The van der Waals surface area contributed by atoms with Crippen molar-refractivity contribution in [2.75, 3.05) is 0 Å². The Morgan fingerprint density at radius 3 is 1.19 bits per heavy atom. The van der Waals surface area contributed by atoms with Crippen LogP contribution >= 0.6 is 0 Å². The van der Waals surface area contributed by atoms with E-state index < -0.39 is 36.8 Å². The molecular formula is C7H7F9. The third-order valence-electron chi connectivity index (χ3n) is 1.85. The van der Waals surface area contributed by atoms with Crippen molar-refractivity contribution >= 4 is 0 Å². The van der Waals surface area contributed by atoms with E-state index in [0.717, 1.165) is 6.92 Å². The fourth-order valence-corrected chi connectivity index (χ4v) is 1.06. The van der Waals surface area contributed by atoms with Crippen molar-refractivity contribution in [3.63, 3.8) is 0 Å². The number of hydrogen-bond donors (Lipinski definition) is 0. The summed E-state index contributed by atoms with van der Waals surface area (Å²) in [6.45, 7) is 0.918. The van der Waals surface area contributed by atoms with Crippen LogP contribution in [0.3, 0.4) is 0 Å². The van der Waals surface area contributed by atoms with Gasteiger partial charge in [-0.1, -0.05) is 13.3 Å². The third-order valence-corrected chi connectivity index (χ3v) is 1.85. The monoisotopic (exact) mass is 262 g/mol. The molecule has 0 saturated heterocycles. The Morgan fingerprint density at radius 1 is 0.688 bits per heavy atom. The van der Waals surface area contributed by atoms with E-state index in [0.29, 0.717) is 0 Å². The second-order valence-electron chi connectivity index (χ2n) is 3.11. The Balaban J connectivity index is 5.61. The minimum atomic E-state index is -6.72. The Bertz CT molecular complexity index is 221. The zero-order valence-corrected chi connectivity index (χ0v) is 7.82. The Morgan fingerprint density at radius 2 is 1.00 bits per heavy atom. The van der Waals surface area contributed by atoms with Crippen molar-refractivity contribution in [3.05, 3.63) is 0 Å². The van der Waals surface area contributed by atoms with Crippen LogP contribution in [0.4, 0.5) is 39.5 Å². The van der Waals surface area contributed by atoms with Crippen molar-refractivity contribution in [3.8, 4) is 0 Å². The third kappa shape index (κ3) is 2.22. The molecule has 0 fully saturated rings. The van der Waals surface area contributed by atoms with Gasteiger partial charge in [0.2, 0.25) is 0 Å². The van der Waals surface area contributed by atoms with Gasteiger partial charge in [0.05, 0.1) is 0 Å². The zero-order chi connectivity index (χ0) is 13.4. The Kier molecular flexibility index (Phi) is 3.83. The molecule has 0 spiro atoms. The molecule has 16 heavy (non-hydrogen) atoms. The quantitative estimate of drug-likeness (QED) is 0.667. The Labute approximate surface area is 84.4 Å². The summed E-state index contributed by atoms with van der Waals surface area (Å²) in [5.41, 5.74) is -6.51. The molecule has 0 heterocycles. The van der Waals surface area contributed by atoms with E-state index in [1.165, 1.54) is 0 Å². The first kappa shape index (κ1) is 15.4. The molecule has 0 N–H and O–H groups in total. The van der Waals surface area contributed by atoms with Gasteiger partial charge in [0.25, 0.3) is 5.92 Å². The number of halogens is 9. The van der Waals surface area contributed by atoms with Crippen LogP contribution in [0.15, 0.2) is 0 Å². The first-order chi connectivity index (χ1) is 6.81. The van der Waals surface area contributed by atoms with Crippen LogP contribution in [-0.2, 0) is 0 Å². The van der Waals surface area contributed by atoms with Gasteiger partial charge in [0.1, 0.15) is 0 Å². The molecule has 0 rings (SSSR count). The number of alkyl halides is 9. The molecule has 0 saturated carbocycles. The smallest absolute Gasteiger partial charge is 0.217 e. The zero-order valence-electron chi connectivity index (χ0n) is 7.82. The number of rotatable bonds is 3. The summed E-state index contributed by atoms with van der Waals surface area (Å²) < 4.78 is 109. The van der Waals surface area contributed by atoms with Gasteiger partial charge in [-0.05, 0) is 0 Å². The average molecular weight is 262 g/mol. The highest BCUT2D eigenvalue weighted by Crippen LogP contribution is 2.55. The van der Waals surface area contributed by atoms with Gasteiger partial charge in [-0.15, -0.1) is 0 Å². The summed E-state index contributed by atoms with van der Waals surface area (Å²) in [7, 11) is 0. The predicted octanol–water partition coefficient (Wildman–Crippen LogP) is 4.25. The van der Waals surface area contributed by atoms with Crippen molar-refractivity contribution in [1.29, 1.82) is 0 Å². The van der Waals surface area contributed by atoms with E-state index in [1.807, 2.05) is 0 Å². The summed E-state index contributed by atoms with van der Waals surface area (Å²) in [6.07, 6.45) is -16.0. The molecule has 0 aliphatic heterocycles. The van der Waals surface area contributed by atoms with Crippen molar-refractivity contribution < 1.29 is 39.5 Å². The molecule has 0 aromatic heterocycles. The lowest BCUT2D eigenvalue weighted by Crippen LogP contribution is -2.64. The average Bonchev–Trinajstić information content (AvgIpc) is 1.98. The van der Waals surface area contributed by atoms with Crippen LogP contribution in [-0.4, -0.2) is 23.9 Å². The second kappa shape index (κ2) is 3.99. The largest absolute Gasteiger partial charge is 0.437 e. The molecule has 98 valence electrons. The van der Waals surface area contributed by atoms with Gasteiger partial charge in [-0.3, -0.25) is 0 Å². The molecule has 0 radical (unpaired) electrons. The van der Waals surface area contributed by atoms with Gasteiger partial charge in [0, 0.05) is 6.42 Å². The van der Waals surface area contributed by atoms with E-state index >= 15 is 0 Å². The normalized spacial score (nSPS) is 15.4. The highest BCUT2D eigenvalue weighted by molar-refractivity contribution is 5.05. The summed E-state index contributed by atoms with van der Waals surface area (Å²) in [4.78, 5) is 0. The molecule has 0 atom stereocenters. The van der Waals surface area contributed by atoms with Crippen LogP contribution in [0, 0.1) is 0 Å². The minimum Gasteiger partial charge on any atom is -0.217 e. The van der Waals surface area contributed by atoms with Gasteiger partial charge >= 0.3 is 18.0 Å². The van der Waals surface area contributed by atoms with E-state index in [4.69, 9.17) is 0 Å². The lowest BCUT2D eigenvalue weighted by Gasteiger charge is -2.35. The highest BCUT2D eigenvalue weighted by atomic mass is 19.4. The SMILES string of the molecule is CCCC(F)(F)C(F)(C(F)(F)F)C(F)(F)F. The molecular weight excluding hydrogens is 255 g/mol. The lowest BCUT2D eigenvalue weighted by molar-refractivity contribution is -0.397. The van der Waals surface area contributed by atoms with Gasteiger partial charge < -0.3 is 0 Å². The topological polar surface area (TPSA) is 0 Å². The molecule has 0 bridgehead atoms. The molecule has 0 unspecified atom stereocenters. The molecule has 0 aliphatic rings. The Hall–Kier alpha value is -0.630. The molecule has 0 aromatic carbocycles. The van der Waals surface area contributed by atoms with Crippen LogP contribution < -0.4 is 0 Å². The van der Waals surface area contributed by atoms with Gasteiger partial charge in [-0.2, -0.15) is 26.3 Å². The van der Waals surface area contributed by atoms with Crippen molar-refractivity contribution in [2.24, 2.45) is 0 Å². The molecule has 0 aromatic rings. The van der Waals surface area contributed by atoms with Crippen molar-refractivity contribution in [2.45, 2.75) is 43.7 Å². The van der Waals surface area contributed by atoms with E-state index in [1.54, 1.807) is 0 Å². The summed E-state index contributed by atoms with van der Waals surface area (Å²) >= 11 is 0. The van der Waals surface area contributed by atoms with Crippen LogP contribution in [0.1, 0.15) is 19.8 Å². The lowest BCUT2D eigenvalue weighted by atomic mass is 9.92. The highest BCUT2D eigenvalue weighted by Gasteiger charge is 2.83. The molecule has 0 nitrogen and oxygen atoms in total. The first-order valence-electron chi connectivity index (χ1n) is 4.01. The fraction of sp³-hybridized carbons (Fsp3) is 1.00. The fourth-order valence-electron chi connectivity index (χ4n) is 1.06. The summed E-state index contributed by atoms with van der Waals surface area (Å²) in [6, 6.07) is 0. The molecule has 0 amide bonds. The maximum absolute atomic E-state index is 12.8. The van der Waals surface area contributed by atoms with Crippen LogP contribution in [0.25, 0.3) is 0 Å². The van der Waals surface area contributed by atoms with Crippen LogP contribution in [0.5, 0.6) is 0 Å². The van der Waals surface area contributed by atoms with E-state index in [2.05, 4.69) is 0 Å². The van der Waals surface area contributed by atoms with E-state index in [9.17, 15) is 39.5 Å². The van der Waals surface area contributed by atoms with Crippen LogP contribution in [0.2, 0.25) is 0 Å². The molecule has 0 aliphatic carbocycles.